The van der Waals surface area contributed by atoms with Crippen molar-refractivity contribution in [2.24, 2.45) is 5.92 Å². The van der Waals surface area contributed by atoms with Crippen LogP contribution in [0.25, 0.3) is 0 Å². The van der Waals surface area contributed by atoms with Crippen molar-refractivity contribution >= 4 is 17.7 Å². The lowest BCUT2D eigenvalue weighted by Gasteiger charge is -2.12. The summed E-state index contributed by atoms with van der Waals surface area (Å²) in [5.74, 6) is 1.11. The highest BCUT2D eigenvalue weighted by atomic mass is 32.2. The van der Waals surface area contributed by atoms with Crippen LogP contribution in [-0.4, -0.2) is 22.6 Å². The fourth-order valence-electron chi connectivity index (χ4n) is 2.32. The normalized spacial score (nSPS) is 11.0. The summed E-state index contributed by atoms with van der Waals surface area (Å²) in [5.41, 5.74) is 4.07. The zero-order valence-corrected chi connectivity index (χ0v) is 15.2. The highest BCUT2D eigenvalue weighted by molar-refractivity contribution is 7.98. The molecule has 0 spiro atoms. The molecule has 23 heavy (non-hydrogen) atoms. The fraction of sp³-hybridized carbons (Fsp3) is 0.444. The number of imidazole rings is 1. The SMILES string of the molecule is COC(=O)c1ccc(CSc2nc(C)c(C)n2CC(C)C)cc1. The van der Waals surface area contributed by atoms with Crippen LogP contribution >= 0.6 is 11.8 Å². The lowest BCUT2D eigenvalue weighted by Crippen LogP contribution is -2.07. The van der Waals surface area contributed by atoms with Crippen molar-refractivity contribution in [3.63, 3.8) is 0 Å². The Morgan fingerprint density at radius 3 is 2.48 bits per heavy atom. The van der Waals surface area contributed by atoms with E-state index in [-0.39, 0.29) is 5.97 Å². The van der Waals surface area contributed by atoms with E-state index < -0.39 is 0 Å². The van der Waals surface area contributed by atoms with Crippen LogP contribution in [0.3, 0.4) is 0 Å². The van der Waals surface area contributed by atoms with Crippen LogP contribution in [0.15, 0.2) is 29.4 Å². The molecule has 1 aromatic heterocycles. The maximum absolute atomic E-state index is 11.5. The van der Waals surface area contributed by atoms with Gasteiger partial charge in [0.2, 0.25) is 0 Å². The molecule has 2 aromatic rings. The average molecular weight is 332 g/mol. The summed E-state index contributed by atoms with van der Waals surface area (Å²) in [6.45, 7) is 9.60. The molecule has 0 saturated carbocycles. The molecule has 1 aromatic carbocycles. The van der Waals surface area contributed by atoms with Crippen LogP contribution in [0.5, 0.6) is 0 Å². The molecule has 0 atom stereocenters. The Labute approximate surface area is 142 Å². The second kappa shape index (κ2) is 7.68. The van der Waals surface area contributed by atoms with Gasteiger partial charge < -0.3 is 9.30 Å². The minimum Gasteiger partial charge on any atom is -0.465 e. The first-order valence-corrected chi connectivity index (χ1v) is 8.74. The maximum Gasteiger partial charge on any atom is 0.337 e. The van der Waals surface area contributed by atoms with E-state index in [2.05, 4.69) is 37.2 Å². The van der Waals surface area contributed by atoms with Crippen molar-refractivity contribution in [3.8, 4) is 0 Å². The quantitative estimate of drug-likeness (QED) is 0.586. The summed E-state index contributed by atoms with van der Waals surface area (Å²) in [4.78, 5) is 16.1. The number of rotatable bonds is 6. The third-order valence-electron chi connectivity index (χ3n) is 3.71. The zero-order valence-electron chi connectivity index (χ0n) is 14.4. The molecular weight excluding hydrogens is 308 g/mol. The molecule has 0 fully saturated rings. The number of aromatic nitrogens is 2. The molecule has 0 amide bonds. The summed E-state index contributed by atoms with van der Waals surface area (Å²) >= 11 is 1.73. The summed E-state index contributed by atoms with van der Waals surface area (Å²) in [6, 6.07) is 7.54. The van der Waals surface area contributed by atoms with Crippen LogP contribution in [0.1, 0.15) is 41.2 Å². The van der Waals surface area contributed by atoms with Gasteiger partial charge in [0.05, 0.1) is 18.4 Å². The predicted octanol–water partition coefficient (Wildman–Crippen LogP) is 4.23. The minimum absolute atomic E-state index is 0.303. The lowest BCUT2D eigenvalue weighted by atomic mass is 10.1. The second-order valence-electron chi connectivity index (χ2n) is 6.05. The van der Waals surface area contributed by atoms with Gasteiger partial charge in [0, 0.05) is 18.0 Å². The van der Waals surface area contributed by atoms with Crippen molar-refractivity contribution in [2.75, 3.05) is 7.11 Å². The number of methoxy groups -OCH3 is 1. The number of hydrogen-bond donors (Lipinski definition) is 0. The third kappa shape index (κ3) is 4.38. The van der Waals surface area contributed by atoms with Crippen LogP contribution in [0.4, 0.5) is 0 Å². The fourth-order valence-corrected chi connectivity index (χ4v) is 3.37. The van der Waals surface area contributed by atoms with Crippen LogP contribution in [0, 0.1) is 19.8 Å². The number of ether oxygens (including phenoxy) is 1. The Hall–Kier alpha value is -1.75. The number of aryl methyl sites for hydroxylation is 1. The van der Waals surface area contributed by atoms with Gasteiger partial charge in [0.1, 0.15) is 0 Å². The minimum atomic E-state index is -0.303. The van der Waals surface area contributed by atoms with Crippen molar-refractivity contribution in [3.05, 3.63) is 46.8 Å². The molecule has 0 saturated heterocycles. The van der Waals surface area contributed by atoms with Gasteiger partial charge in [-0.05, 0) is 37.5 Å². The molecule has 0 aliphatic rings. The Balaban J connectivity index is 2.09. The molecule has 0 unspecified atom stereocenters. The Kier molecular flexibility index (Phi) is 5.88. The number of carbonyl (C=O) groups excluding carboxylic acids is 1. The van der Waals surface area contributed by atoms with Gasteiger partial charge in [-0.2, -0.15) is 0 Å². The first-order chi connectivity index (χ1) is 10.9. The van der Waals surface area contributed by atoms with Gasteiger partial charge in [-0.1, -0.05) is 37.7 Å². The third-order valence-corrected chi connectivity index (χ3v) is 4.76. The van der Waals surface area contributed by atoms with Crippen LogP contribution < -0.4 is 0 Å². The van der Waals surface area contributed by atoms with Gasteiger partial charge >= 0.3 is 5.97 Å². The lowest BCUT2D eigenvalue weighted by molar-refractivity contribution is 0.0600. The van der Waals surface area contributed by atoms with Crippen molar-refractivity contribution in [2.45, 2.75) is 45.1 Å². The number of carbonyl (C=O) groups is 1. The van der Waals surface area contributed by atoms with E-state index in [4.69, 9.17) is 4.74 Å². The summed E-state index contributed by atoms with van der Waals surface area (Å²) in [7, 11) is 1.39. The molecule has 0 radical (unpaired) electrons. The molecule has 0 N–H and O–H groups in total. The number of benzene rings is 1. The predicted molar refractivity (Wildman–Crippen MR) is 93.9 cm³/mol. The van der Waals surface area contributed by atoms with Gasteiger partial charge in [0.25, 0.3) is 0 Å². The highest BCUT2D eigenvalue weighted by Crippen LogP contribution is 2.25. The van der Waals surface area contributed by atoms with E-state index in [9.17, 15) is 4.79 Å². The van der Waals surface area contributed by atoms with Crippen LogP contribution in [0.2, 0.25) is 0 Å². The van der Waals surface area contributed by atoms with E-state index in [1.165, 1.54) is 12.8 Å². The molecule has 124 valence electrons. The molecule has 0 aliphatic heterocycles. The van der Waals surface area contributed by atoms with E-state index in [0.29, 0.717) is 11.5 Å². The largest absolute Gasteiger partial charge is 0.465 e. The van der Waals surface area contributed by atoms with E-state index >= 15 is 0 Å². The summed E-state index contributed by atoms with van der Waals surface area (Å²) in [5, 5.41) is 1.06. The van der Waals surface area contributed by atoms with E-state index in [0.717, 1.165) is 28.7 Å². The highest BCUT2D eigenvalue weighted by Gasteiger charge is 2.13. The molecule has 4 nitrogen and oxygen atoms in total. The molecular formula is C18H24N2O2S. The first-order valence-electron chi connectivity index (χ1n) is 7.76. The summed E-state index contributed by atoms with van der Waals surface area (Å²) in [6.07, 6.45) is 0. The number of hydrogen-bond acceptors (Lipinski definition) is 4. The second-order valence-corrected chi connectivity index (χ2v) is 6.99. The Bertz CT molecular complexity index is 675. The smallest absolute Gasteiger partial charge is 0.337 e. The van der Waals surface area contributed by atoms with Crippen molar-refractivity contribution < 1.29 is 9.53 Å². The number of esters is 1. The topological polar surface area (TPSA) is 44.1 Å². The standard InChI is InChI=1S/C18H24N2O2S/c1-12(2)10-20-14(4)13(3)19-18(20)23-11-15-6-8-16(9-7-15)17(21)22-5/h6-9,12H,10-11H2,1-5H3. The maximum atomic E-state index is 11.5. The summed E-state index contributed by atoms with van der Waals surface area (Å²) < 4.78 is 7.02. The van der Waals surface area contributed by atoms with E-state index in [1.807, 2.05) is 12.1 Å². The van der Waals surface area contributed by atoms with Crippen molar-refractivity contribution in [1.29, 1.82) is 0 Å². The van der Waals surface area contributed by atoms with Gasteiger partial charge in [0.15, 0.2) is 5.16 Å². The molecule has 0 bridgehead atoms. The molecule has 1 heterocycles. The van der Waals surface area contributed by atoms with Crippen LogP contribution in [-0.2, 0) is 17.0 Å². The monoisotopic (exact) mass is 332 g/mol. The molecule has 2 rings (SSSR count). The Morgan fingerprint density at radius 2 is 1.91 bits per heavy atom. The molecule has 5 heteroatoms. The van der Waals surface area contributed by atoms with Gasteiger partial charge in [-0.15, -0.1) is 0 Å². The Morgan fingerprint density at radius 1 is 1.26 bits per heavy atom. The molecule has 0 aliphatic carbocycles. The van der Waals surface area contributed by atoms with Gasteiger partial charge in [-0.25, -0.2) is 9.78 Å². The first kappa shape index (κ1) is 17.6. The van der Waals surface area contributed by atoms with E-state index in [1.54, 1.807) is 23.9 Å². The number of nitrogens with zero attached hydrogens (tertiary/aromatic N) is 2. The zero-order chi connectivity index (χ0) is 17.0. The van der Waals surface area contributed by atoms with Gasteiger partial charge in [-0.3, -0.25) is 0 Å². The number of thioether (sulfide) groups is 1. The van der Waals surface area contributed by atoms with Crippen molar-refractivity contribution in [1.82, 2.24) is 9.55 Å². The average Bonchev–Trinajstić information content (AvgIpc) is 2.80.